The molecular formula is C21H23N3O. The van der Waals surface area contributed by atoms with Gasteiger partial charge in [0.05, 0.1) is 18.5 Å². The molecule has 0 saturated heterocycles. The lowest BCUT2D eigenvalue weighted by atomic mass is 9.92. The third-order valence-electron chi connectivity index (χ3n) is 3.92. The van der Waals surface area contributed by atoms with Crippen molar-refractivity contribution in [2.75, 3.05) is 7.11 Å². The quantitative estimate of drug-likeness (QED) is 0.635. The number of benzene rings is 2. The van der Waals surface area contributed by atoms with E-state index in [1.807, 2.05) is 71.6 Å². The molecule has 4 nitrogen and oxygen atoms in total. The maximum Gasteiger partial charge on any atom is 0.155 e. The Morgan fingerprint density at radius 2 is 1.68 bits per heavy atom. The molecule has 3 aromatic rings. The molecule has 0 N–H and O–H groups in total. The molecule has 0 aliphatic rings. The van der Waals surface area contributed by atoms with Crippen molar-refractivity contribution < 1.29 is 4.74 Å². The van der Waals surface area contributed by atoms with Crippen LogP contribution in [0.2, 0.25) is 0 Å². The molecule has 3 rings (SSSR count). The highest BCUT2D eigenvalue weighted by atomic mass is 16.5. The topological polar surface area (TPSA) is 39.4 Å². The summed E-state index contributed by atoms with van der Waals surface area (Å²) in [5.41, 5.74) is 2.99. The zero-order valence-corrected chi connectivity index (χ0v) is 15.1. The van der Waals surface area contributed by atoms with E-state index in [1.165, 1.54) is 0 Å². The molecule has 1 heterocycles. The number of aliphatic imine (C=N–C) groups is 1. The van der Waals surface area contributed by atoms with Crippen LogP contribution in [0.5, 0.6) is 5.75 Å². The molecule has 128 valence electrons. The number of hydrogen-bond acceptors (Lipinski definition) is 3. The highest BCUT2D eigenvalue weighted by molar-refractivity contribution is 5.81. The number of para-hydroxylation sites is 1. The fourth-order valence-electron chi connectivity index (χ4n) is 2.42. The fourth-order valence-corrected chi connectivity index (χ4v) is 2.42. The van der Waals surface area contributed by atoms with Gasteiger partial charge in [-0.1, -0.05) is 39.0 Å². The summed E-state index contributed by atoms with van der Waals surface area (Å²) in [5.74, 6) is 1.65. The summed E-state index contributed by atoms with van der Waals surface area (Å²) in [7, 11) is 1.66. The number of ether oxygens (including phenoxy) is 1. The summed E-state index contributed by atoms with van der Waals surface area (Å²) in [6.45, 7) is 6.46. The number of aromatic nitrogens is 2. The molecule has 0 amide bonds. The lowest BCUT2D eigenvalue weighted by Gasteiger charge is -2.14. The average molecular weight is 333 g/mol. The van der Waals surface area contributed by atoms with Crippen molar-refractivity contribution in [1.82, 2.24) is 9.78 Å². The number of nitrogens with zero attached hydrogens (tertiary/aromatic N) is 3. The molecule has 0 spiro atoms. The van der Waals surface area contributed by atoms with Crippen molar-refractivity contribution in [1.29, 1.82) is 0 Å². The van der Waals surface area contributed by atoms with E-state index in [-0.39, 0.29) is 5.41 Å². The van der Waals surface area contributed by atoms with E-state index in [4.69, 9.17) is 9.84 Å². The van der Waals surface area contributed by atoms with E-state index in [1.54, 1.807) is 7.11 Å². The number of hydrogen-bond donors (Lipinski definition) is 0. The summed E-state index contributed by atoms with van der Waals surface area (Å²) in [6, 6.07) is 19.9. The fraction of sp³-hybridized carbons (Fsp3) is 0.238. The largest absolute Gasteiger partial charge is 0.497 e. The van der Waals surface area contributed by atoms with Gasteiger partial charge < -0.3 is 4.74 Å². The molecule has 0 unspecified atom stereocenters. The van der Waals surface area contributed by atoms with Gasteiger partial charge in [0, 0.05) is 17.7 Å². The Morgan fingerprint density at radius 3 is 2.28 bits per heavy atom. The molecule has 0 radical (unpaired) electrons. The Kier molecular flexibility index (Phi) is 4.70. The van der Waals surface area contributed by atoms with Gasteiger partial charge >= 0.3 is 0 Å². The van der Waals surface area contributed by atoms with Crippen LogP contribution >= 0.6 is 0 Å². The molecular weight excluding hydrogens is 310 g/mol. The van der Waals surface area contributed by atoms with Gasteiger partial charge in [-0.25, -0.2) is 9.67 Å². The standard InChI is InChI=1S/C21H23N3O/c1-21(2,3)19-14-20(24(23-19)17-8-6-5-7-9-17)22-15-16-10-12-18(25-4)13-11-16/h5-15H,1-4H3/b22-15+. The van der Waals surface area contributed by atoms with Gasteiger partial charge in [-0.2, -0.15) is 5.10 Å². The van der Waals surface area contributed by atoms with Crippen LogP contribution in [-0.2, 0) is 5.41 Å². The van der Waals surface area contributed by atoms with Crippen molar-refractivity contribution in [3.05, 3.63) is 71.9 Å². The molecule has 1 aromatic heterocycles. The Balaban J connectivity index is 1.98. The average Bonchev–Trinajstić information content (AvgIpc) is 3.06. The minimum atomic E-state index is -0.0373. The van der Waals surface area contributed by atoms with Gasteiger partial charge in [0.15, 0.2) is 5.82 Å². The second kappa shape index (κ2) is 6.93. The first-order valence-electron chi connectivity index (χ1n) is 8.31. The van der Waals surface area contributed by atoms with Gasteiger partial charge in [-0.3, -0.25) is 0 Å². The molecule has 25 heavy (non-hydrogen) atoms. The summed E-state index contributed by atoms with van der Waals surface area (Å²) < 4.78 is 7.08. The third kappa shape index (κ3) is 3.97. The van der Waals surface area contributed by atoms with Crippen LogP contribution in [0, 0.1) is 0 Å². The van der Waals surface area contributed by atoms with Gasteiger partial charge in [0.25, 0.3) is 0 Å². The zero-order chi connectivity index (χ0) is 17.9. The summed E-state index contributed by atoms with van der Waals surface area (Å²) in [6.07, 6.45) is 1.85. The van der Waals surface area contributed by atoms with E-state index in [9.17, 15) is 0 Å². The maximum atomic E-state index is 5.19. The van der Waals surface area contributed by atoms with E-state index in [0.29, 0.717) is 0 Å². The van der Waals surface area contributed by atoms with Crippen molar-refractivity contribution in [3.8, 4) is 11.4 Å². The first-order chi connectivity index (χ1) is 12.0. The van der Waals surface area contributed by atoms with Crippen LogP contribution in [0.1, 0.15) is 32.0 Å². The van der Waals surface area contributed by atoms with Crippen LogP contribution in [0.3, 0.4) is 0 Å². The predicted molar refractivity (Wildman–Crippen MR) is 103 cm³/mol. The lowest BCUT2D eigenvalue weighted by Crippen LogP contribution is -2.12. The second-order valence-corrected chi connectivity index (χ2v) is 6.92. The van der Waals surface area contributed by atoms with Crippen LogP contribution in [-0.4, -0.2) is 23.1 Å². The smallest absolute Gasteiger partial charge is 0.155 e. The summed E-state index contributed by atoms with van der Waals surface area (Å²) in [4.78, 5) is 4.68. The molecule has 0 atom stereocenters. The monoisotopic (exact) mass is 333 g/mol. The lowest BCUT2D eigenvalue weighted by molar-refractivity contribution is 0.415. The molecule has 0 aliphatic carbocycles. The Labute approximate surface area is 148 Å². The minimum absolute atomic E-state index is 0.0373. The van der Waals surface area contributed by atoms with Crippen LogP contribution in [0.15, 0.2) is 65.7 Å². The highest BCUT2D eigenvalue weighted by Gasteiger charge is 2.20. The van der Waals surface area contributed by atoms with E-state index in [2.05, 4.69) is 25.8 Å². The molecule has 0 aliphatic heterocycles. The normalized spacial score (nSPS) is 11.8. The second-order valence-electron chi connectivity index (χ2n) is 6.92. The molecule has 0 fully saturated rings. The minimum Gasteiger partial charge on any atom is -0.497 e. The van der Waals surface area contributed by atoms with Crippen LogP contribution in [0.4, 0.5) is 5.82 Å². The summed E-state index contributed by atoms with van der Waals surface area (Å²) in [5, 5.41) is 4.77. The third-order valence-corrected chi connectivity index (χ3v) is 3.92. The van der Waals surface area contributed by atoms with Crippen LogP contribution < -0.4 is 4.74 Å². The van der Waals surface area contributed by atoms with E-state index < -0.39 is 0 Å². The molecule has 0 saturated carbocycles. The maximum absolute atomic E-state index is 5.19. The van der Waals surface area contributed by atoms with Crippen molar-refractivity contribution in [2.24, 2.45) is 4.99 Å². The van der Waals surface area contributed by atoms with E-state index in [0.717, 1.165) is 28.5 Å². The van der Waals surface area contributed by atoms with Gasteiger partial charge in [0.1, 0.15) is 5.75 Å². The Hall–Kier alpha value is -2.88. The first-order valence-corrected chi connectivity index (χ1v) is 8.31. The van der Waals surface area contributed by atoms with Crippen molar-refractivity contribution >= 4 is 12.0 Å². The highest BCUT2D eigenvalue weighted by Crippen LogP contribution is 2.27. The van der Waals surface area contributed by atoms with Gasteiger partial charge in [-0.05, 0) is 42.0 Å². The van der Waals surface area contributed by atoms with Crippen molar-refractivity contribution in [3.63, 3.8) is 0 Å². The first kappa shape index (κ1) is 17.0. The van der Waals surface area contributed by atoms with Crippen molar-refractivity contribution in [2.45, 2.75) is 26.2 Å². The SMILES string of the molecule is COc1ccc(/C=N/c2cc(C(C)(C)C)nn2-c2ccccc2)cc1. The zero-order valence-electron chi connectivity index (χ0n) is 15.1. The number of methoxy groups -OCH3 is 1. The predicted octanol–water partition coefficient (Wildman–Crippen LogP) is 4.93. The molecule has 0 bridgehead atoms. The van der Waals surface area contributed by atoms with Gasteiger partial charge in [0.2, 0.25) is 0 Å². The Morgan fingerprint density at radius 1 is 1.00 bits per heavy atom. The number of rotatable bonds is 4. The van der Waals surface area contributed by atoms with Crippen LogP contribution in [0.25, 0.3) is 5.69 Å². The summed E-state index contributed by atoms with van der Waals surface area (Å²) >= 11 is 0. The molecule has 4 heteroatoms. The molecule has 2 aromatic carbocycles. The van der Waals surface area contributed by atoms with Gasteiger partial charge in [-0.15, -0.1) is 0 Å². The Bertz CT molecular complexity index is 856. The van der Waals surface area contributed by atoms with E-state index >= 15 is 0 Å².